The van der Waals surface area contributed by atoms with Crippen LogP contribution >= 0.6 is 0 Å². The third-order valence-corrected chi connectivity index (χ3v) is 6.16. The van der Waals surface area contributed by atoms with Gasteiger partial charge in [-0.3, -0.25) is 14.5 Å². The predicted octanol–water partition coefficient (Wildman–Crippen LogP) is 5.05. The van der Waals surface area contributed by atoms with Gasteiger partial charge in [0.25, 0.3) is 5.91 Å². The van der Waals surface area contributed by atoms with Crippen molar-refractivity contribution in [2.45, 2.75) is 25.3 Å². The van der Waals surface area contributed by atoms with Gasteiger partial charge in [-0.15, -0.1) is 0 Å². The van der Waals surface area contributed by atoms with Gasteiger partial charge >= 0.3 is 0 Å². The second-order valence-electron chi connectivity index (χ2n) is 8.12. The first-order chi connectivity index (χ1) is 15.6. The van der Waals surface area contributed by atoms with Crippen LogP contribution in [0.25, 0.3) is 0 Å². The van der Waals surface area contributed by atoms with E-state index in [9.17, 15) is 14.7 Å². The highest BCUT2D eigenvalue weighted by molar-refractivity contribution is 6.20. The van der Waals surface area contributed by atoms with Crippen LogP contribution in [0.4, 0.5) is 11.4 Å². The molecule has 5 rings (SSSR count). The first-order valence-corrected chi connectivity index (χ1v) is 10.9. The molecule has 6 nitrogen and oxygen atoms in total. The standard InChI is InChI=1S/C26H24N2O4/c29-24(21-10-7-17-32-21)22-23(18-8-3-1-4-9-18)28(26(31)25(22)30)20-13-11-19(12-14-20)27-15-5-2-6-16-27/h1,3-4,7-14,17,23,30H,2,5-6,15-16H2. The fourth-order valence-electron chi connectivity index (χ4n) is 4.57. The Labute approximate surface area is 186 Å². The van der Waals surface area contributed by atoms with E-state index in [2.05, 4.69) is 4.90 Å². The Kier molecular flexibility index (Phi) is 5.27. The maximum absolute atomic E-state index is 13.2. The van der Waals surface area contributed by atoms with Crippen molar-refractivity contribution in [3.8, 4) is 0 Å². The normalized spacial score (nSPS) is 19.0. The number of carbonyl (C=O) groups excluding carboxylic acids is 2. The second kappa shape index (κ2) is 8.38. The summed E-state index contributed by atoms with van der Waals surface area (Å²) < 4.78 is 5.27. The number of benzene rings is 2. The third kappa shape index (κ3) is 3.47. The largest absolute Gasteiger partial charge is 0.503 e. The van der Waals surface area contributed by atoms with Gasteiger partial charge in [-0.25, -0.2) is 0 Å². The van der Waals surface area contributed by atoms with Crippen molar-refractivity contribution in [1.29, 1.82) is 0 Å². The summed E-state index contributed by atoms with van der Waals surface area (Å²) in [7, 11) is 0. The molecular formula is C26H24N2O4. The van der Waals surface area contributed by atoms with Crippen LogP contribution in [0.2, 0.25) is 0 Å². The number of nitrogens with zero attached hydrogens (tertiary/aromatic N) is 2. The van der Waals surface area contributed by atoms with Crippen LogP contribution in [0.1, 0.15) is 41.4 Å². The van der Waals surface area contributed by atoms with E-state index in [0.29, 0.717) is 5.69 Å². The first-order valence-electron chi connectivity index (χ1n) is 10.9. The van der Waals surface area contributed by atoms with Crippen molar-refractivity contribution in [3.63, 3.8) is 0 Å². The van der Waals surface area contributed by atoms with E-state index in [1.54, 1.807) is 6.07 Å². The number of piperidine rings is 1. The molecule has 1 atom stereocenters. The monoisotopic (exact) mass is 428 g/mol. The molecular weight excluding hydrogens is 404 g/mol. The molecule has 2 aliphatic heterocycles. The van der Waals surface area contributed by atoms with Gasteiger partial charge in [-0.2, -0.15) is 0 Å². The van der Waals surface area contributed by atoms with E-state index in [0.717, 1.165) is 24.3 Å². The number of Topliss-reactive ketones (excluding diaryl/α,β-unsaturated/α-hetero) is 1. The fraction of sp³-hybridized carbons (Fsp3) is 0.231. The number of furan rings is 1. The number of hydrogen-bond donors (Lipinski definition) is 1. The topological polar surface area (TPSA) is 74.0 Å². The average Bonchev–Trinajstić information content (AvgIpc) is 3.47. The molecule has 0 aliphatic carbocycles. The Morgan fingerprint density at radius 2 is 1.56 bits per heavy atom. The minimum atomic E-state index is -0.748. The molecule has 3 heterocycles. The SMILES string of the molecule is O=C(C1=C(O)C(=O)N(c2ccc(N3CCCCC3)cc2)C1c1ccccc1)c1ccco1. The third-order valence-electron chi connectivity index (χ3n) is 6.16. The Morgan fingerprint density at radius 3 is 2.22 bits per heavy atom. The number of hydrogen-bond acceptors (Lipinski definition) is 5. The quantitative estimate of drug-likeness (QED) is 0.576. The van der Waals surface area contributed by atoms with Gasteiger partial charge in [0, 0.05) is 24.5 Å². The number of carbonyl (C=O) groups is 2. The van der Waals surface area contributed by atoms with Gasteiger partial charge in [-0.05, 0) is 61.2 Å². The van der Waals surface area contributed by atoms with Crippen molar-refractivity contribution in [1.82, 2.24) is 0 Å². The van der Waals surface area contributed by atoms with Gasteiger partial charge in [0.05, 0.1) is 17.9 Å². The van der Waals surface area contributed by atoms with E-state index in [-0.39, 0.29) is 11.3 Å². The zero-order valence-corrected chi connectivity index (χ0v) is 17.6. The molecule has 0 saturated carbocycles. The predicted molar refractivity (Wildman–Crippen MR) is 122 cm³/mol. The van der Waals surface area contributed by atoms with E-state index in [4.69, 9.17) is 4.42 Å². The summed E-state index contributed by atoms with van der Waals surface area (Å²) in [6.45, 7) is 2.05. The van der Waals surface area contributed by atoms with Crippen molar-refractivity contribution in [3.05, 3.63) is 95.6 Å². The summed E-state index contributed by atoms with van der Waals surface area (Å²) in [5.74, 6) is -1.55. The highest BCUT2D eigenvalue weighted by Gasteiger charge is 2.45. The lowest BCUT2D eigenvalue weighted by atomic mass is 9.95. The van der Waals surface area contributed by atoms with Gasteiger partial charge in [0.15, 0.2) is 11.5 Å². The van der Waals surface area contributed by atoms with E-state index < -0.39 is 23.5 Å². The molecule has 0 radical (unpaired) electrons. The Bertz CT molecular complexity index is 1140. The summed E-state index contributed by atoms with van der Waals surface area (Å²) >= 11 is 0. The van der Waals surface area contributed by atoms with Crippen LogP contribution in [0.5, 0.6) is 0 Å². The molecule has 1 unspecified atom stereocenters. The molecule has 3 aromatic rings. The summed E-state index contributed by atoms with van der Waals surface area (Å²) in [5.41, 5.74) is 2.50. The molecule has 0 bridgehead atoms. The number of aliphatic hydroxyl groups excluding tert-OH is 1. The zero-order chi connectivity index (χ0) is 22.1. The van der Waals surface area contributed by atoms with Crippen molar-refractivity contribution >= 4 is 23.1 Å². The smallest absolute Gasteiger partial charge is 0.294 e. The number of anilines is 2. The van der Waals surface area contributed by atoms with Gasteiger partial charge in [0.2, 0.25) is 5.78 Å². The number of amides is 1. The lowest BCUT2D eigenvalue weighted by molar-refractivity contribution is -0.117. The Morgan fingerprint density at radius 1 is 0.875 bits per heavy atom. The molecule has 1 N–H and O–H groups in total. The molecule has 6 heteroatoms. The minimum Gasteiger partial charge on any atom is -0.503 e. The minimum absolute atomic E-state index is 0.0243. The summed E-state index contributed by atoms with van der Waals surface area (Å²) in [4.78, 5) is 30.2. The van der Waals surface area contributed by atoms with Crippen LogP contribution in [-0.4, -0.2) is 29.9 Å². The molecule has 1 amide bonds. The fourth-order valence-corrected chi connectivity index (χ4v) is 4.57. The Hall–Kier alpha value is -3.80. The molecule has 162 valence electrons. The first kappa shape index (κ1) is 20.1. The molecule has 1 fully saturated rings. The molecule has 32 heavy (non-hydrogen) atoms. The molecule has 1 saturated heterocycles. The second-order valence-corrected chi connectivity index (χ2v) is 8.12. The molecule has 2 aromatic carbocycles. The van der Waals surface area contributed by atoms with Crippen LogP contribution < -0.4 is 9.80 Å². The van der Waals surface area contributed by atoms with Crippen molar-refractivity contribution in [2.24, 2.45) is 0 Å². The summed E-state index contributed by atoms with van der Waals surface area (Å²) in [5, 5.41) is 10.8. The van der Waals surface area contributed by atoms with E-state index in [1.165, 1.54) is 36.5 Å². The zero-order valence-electron chi connectivity index (χ0n) is 17.6. The number of ketones is 1. The van der Waals surface area contributed by atoms with E-state index in [1.807, 2.05) is 54.6 Å². The molecule has 2 aliphatic rings. The number of aliphatic hydroxyl groups is 1. The highest BCUT2D eigenvalue weighted by Crippen LogP contribution is 2.42. The highest BCUT2D eigenvalue weighted by atomic mass is 16.3. The summed E-state index contributed by atoms with van der Waals surface area (Å²) in [6, 6.07) is 19.4. The van der Waals surface area contributed by atoms with Gasteiger partial charge < -0.3 is 14.4 Å². The van der Waals surface area contributed by atoms with E-state index >= 15 is 0 Å². The molecule has 1 aromatic heterocycles. The van der Waals surface area contributed by atoms with Gasteiger partial charge in [0.1, 0.15) is 0 Å². The van der Waals surface area contributed by atoms with Crippen molar-refractivity contribution < 1.29 is 19.1 Å². The average molecular weight is 428 g/mol. The van der Waals surface area contributed by atoms with Crippen LogP contribution in [0, 0.1) is 0 Å². The summed E-state index contributed by atoms with van der Waals surface area (Å²) in [6.07, 6.45) is 5.01. The van der Waals surface area contributed by atoms with Crippen LogP contribution in [0.3, 0.4) is 0 Å². The lowest BCUT2D eigenvalue weighted by Crippen LogP contribution is -2.31. The van der Waals surface area contributed by atoms with Crippen LogP contribution in [0.15, 0.2) is 88.7 Å². The van der Waals surface area contributed by atoms with Gasteiger partial charge in [-0.1, -0.05) is 30.3 Å². The Balaban J connectivity index is 1.54. The van der Waals surface area contributed by atoms with Crippen molar-refractivity contribution in [2.75, 3.05) is 22.9 Å². The van der Waals surface area contributed by atoms with Crippen LogP contribution in [-0.2, 0) is 4.79 Å². The molecule has 0 spiro atoms. The maximum Gasteiger partial charge on any atom is 0.294 e. The maximum atomic E-state index is 13.2. The number of rotatable bonds is 5. The lowest BCUT2D eigenvalue weighted by Gasteiger charge is -2.30.